The van der Waals surface area contributed by atoms with Gasteiger partial charge in [0.1, 0.15) is 5.82 Å². The van der Waals surface area contributed by atoms with Crippen molar-refractivity contribution in [3.05, 3.63) is 29.3 Å². The average Bonchev–Trinajstić information content (AvgIpc) is 3.30. The van der Waals surface area contributed by atoms with E-state index in [1.54, 1.807) is 30.9 Å². The van der Waals surface area contributed by atoms with Gasteiger partial charge in [-0.1, -0.05) is 5.16 Å². The first-order valence-corrected chi connectivity index (χ1v) is 8.91. The van der Waals surface area contributed by atoms with Gasteiger partial charge in [0.05, 0.1) is 17.4 Å². The van der Waals surface area contributed by atoms with Gasteiger partial charge in [-0.15, -0.1) is 0 Å². The molecule has 10 heteroatoms. The summed E-state index contributed by atoms with van der Waals surface area (Å²) in [5.41, 5.74) is 1.06. The summed E-state index contributed by atoms with van der Waals surface area (Å²) in [7, 11) is 0. The Morgan fingerprint density at radius 1 is 1.37 bits per heavy atom. The van der Waals surface area contributed by atoms with Crippen molar-refractivity contribution in [2.45, 2.75) is 57.4 Å². The number of nitrogens with one attached hydrogen (secondary N) is 1. The Balaban J connectivity index is 1.64. The standard InChI is InChI=1S/C17H20F3N5O2/c1-9-7-14(17(18,19)20)25-15(21-9)8-11(22-25)12-4-3-5-24(12)16(26)13-6-10(2)23-27-13/h6,8-9,12,14,21H,3-5,7H2,1-2H3/t9-,12-,14-/m1/s1. The SMILES string of the molecule is Cc1cc(C(=O)N2CCC[C@@H]2c2cc3n(n2)[C@@H](C(F)(F)F)C[C@@H](C)N3)on1. The van der Waals surface area contributed by atoms with E-state index < -0.39 is 12.2 Å². The molecule has 146 valence electrons. The molecule has 1 saturated heterocycles. The molecule has 3 atom stereocenters. The van der Waals surface area contributed by atoms with Crippen LogP contribution in [0.3, 0.4) is 0 Å². The zero-order chi connectivity index (χ0) is 19.3. The van der Waals surface area contributed by atoms with Gasteiger partial charge in [0, 0.05) is 24.7 Å². The van der Waals surface area contributed by atoms with Gasteiger partial charge in [-0.25, -0.2) is 4.68 Å². The fourth-order valence-corrected chi connectivity index (χ4v) is 3.86. The highest BCUT2D eigenvalue weighted by Crippen LogP contribution is 2.41. The molecule has 0 aliphatic carbocycles. The van der Waals surface area contributed by atoms with Gasteiger partial charge in [0.15, 0.2) is 6.04 Å². The molecule has 0 saturated carbocycles. The normalized spacial score (nSPS) is 25.4. The van der Waals surface area contributed by atoms with Crippen molar-refractivity contribution in [3.63, 3.8) is 0 Å². The first kappa shape index (κ1) is 17.9. The summed E-state index contributed by atoms with van der Waals surface area (Å²) in [4.78, 5) is 14.3. The number of aryl methyl sites for hydroxylation is 1. The molecule has 1 amide bonds. The minimum Gasteiger partial charge on any atom is -0.368 e. The number of alkyl halides is 3. The number of carbonyl (C=O) groups excluding carboxylic acids is 1. The molecule has 4 rings (SSSR count). The van der Waals surface area contributed by atoms with Crippen LogP contribution in [-0.4, -0.2) is 44.5 Å². The molecular formula is C17H20F3N5O2. The largest absolute Gasteiger partial charge is 0.410 e. The molecule has 4 heterocycles. The smallest absolute Gasteiger partial charge is 0.368 e. The maximum atomic E-state index is 13.4. The van der Waals surface area contributed by atoms with Crippen LogP contribution in [0, 0.1) is 6.92 Å². The predicted molar refractivity (Wildman–Crippen MR) is 89.3 cm³/mol. The molecule has 0 unspecified atom stereocenters. The van der Waals surface area contributed by atoms with Crippen LogP contribution in [0.25, 0.3) is 0 Å². The summed E-state index contributed by atoms with van der Waals surface area (Å²) < 4.78 is 46.4. The minimum atomic E-state index is -4.38. The molecule has 1 N–H and O–H groups in total. The van der Waals surface area contributed by atoms with Crippen molar-refractivity contribution >= 4 is 11.7 Å². The molecule has 27 heavy (non-hydrogen) atoms. The van der Waals surface area contributed by atoms with E-state index in [-0.39, 0.29) is 30.2 Å². The van der Waals surface area contributed by atoms with Crippen LogP contribution in [0.4, 0.5) is 19.0 Å². The Kier molecular flexibility index (Phi) is 4.15. The molecular weight excluding hydrogens is 363 g/mol. The number of anilines is 1. The number of fused-ring (bicyclic) bond motifs is 1. The third-order valence-electron chi connectivity index (χ3n) is 5.09. The molecule has 0 bridgehead atoms. The molecule has 2 aromatic rings. The molecule has 7 nitrogen and oxygen atoms in total. The van der Waals surface area contributed by atoms with Crippen molar-refractivity contribution in [2.75, 3.05) is 11.9 Å². The molecule has 0 spiro atoms. The second kappa shape index (κ2) is 6.28. The molecule has 0 aromatic carbocycles. The third kappa shape index (κ3) is 3.17. The number of hydrogen-bond acceptors (Lipinski definition) is 5. The van der Waals surface area contributed by atoms with Gasteiger partial charge in [0.25, 0.3) is 5.91 Å². The van der Waals surface area contributed by atoms with Crippen molar-refractivity contribution < 1.29 is 22.5 Å². The Hall–Kier alpha value is -2.52. The van der Waals surface area contributed by atoms with E-state index in [0.717, 1.165) is 11.1 Å². The summed E-state index contributed by atoms with van der Waals surface area (Å²) in [5, 5.41) is 11.0. The maximum absolute atomic E-state index is 13.4. The lowest BCUT2D eigenvalue weighted by Crippen LogP contribution is -2.38. The third-order valence-corrected chi connectivity index (χ3v) is 5.09. The lowest BCUT2D eigenvalue weighted by molar-refractivity contribution is -0.173. The maximum Gasteiger partial charge on any atom is 0.410 e. The Labute approximate surface area is 153 Å². The van der Waals surface area contributed by atoms with Gasteiger partial charge in [-0.2, -0.15) is 18.3 Å². The predicted octanol–water partition coefficient (Wildman–Crippen LogP) is 3.46. The molecule has 2 aliphatic heterocycles. The van der Waals surface area contributed by atoms with Gasteiger partial charge >= 0.3 is 6.18 Å². The summed E-state index contributed by atoms with van der Waals surface area (Å²) in [6.07, 6.45) is -3.07. The van der Waals surface area contributed by atoms with E-state index in [2.05, 4.69) is 15.6 Å². The van der Waals surface area contributed by atoms with Crippen LogP contribution in [0.15, 0.2) is 16.7 Å². The number of carbonyl (C=O) groups is 1. The van der Waals surface area contributed by atoms with Crippen LogP contribution >= 0.6 is 0 Å². The van der Waals surface area contributed by atoms with Crippen LogP contribution in [0.1, 0.15) is 60.2 Å². The second-order valence-corrected chi connectivity index (χ2v) is 7.23. The van der Waals surface area contributed by atoms with Crippen LogP contribution in [0.2, 0.25) is 0 Å². The van der Waals surface area contributed by atoms with Crippen molar-refractivity contribution in [2.24, 2.45) is 0 Å². The topological polar surface area (TPSA) is 76.2 Å². The molecule has 0 radical (unpaired) electrons. The summed E-state index contributed by atoms with van der Waals surface area (Å²) in [6, 6.07) is 0.814. The Morgan fingerprint density at radius 3 is 2.81 bits per heavy atom. The van der Waals surface area contributed by atoms with Crippen LogP contribution < -0.4 is 5.32 Å². The summed E-state index contributed by atoms with van der Waals surface area (Å²) in [6.45, 7) is 3.93. The van der Waals surface area contributed by atoms with Crippen molar-refractivity contribution in [1.29, 1.82) is 0 Å². The molecule has 2 aliphatic rings. The number of halogens is 3. The first-order chi connectivity index (χ1) is 12.7. The number of amides is 1. The highest BCUT2D eigenvalue weighted by atomic mass is 19.4. The van der Waals surface area contributed by atoms with E-state index >= 15 is 0 Å². The fourth-order valence-electron chi connectivity index (χ4n) is 3.86. The van der Waals surface area contributed by atoms with E-state index in [1.165, 1.54) is 0 Å². The summed E-state index contributed by atoms with van der Waals surface area (Å²) >= 11 is 0. The van der Waals surface area contributed by atoms with E-state index in [9.17, 15) is 18.0 Å². The van der Waals surface area contributed by atoms with Crippen LogP contribution in [0.5, 0.6) is 0 Å². The zero-order valence-corrected chi connectivity index (χ0v) is 15.0. The lowest BCUT2D eigenvalue weighted by Gasteiger charge is -2.31. The second-order valence-electron chi connectivity index (χ2n) is 7.23. The number of nitrogens with zero attached hydrogens (tertiary/aromatic N) is 4. The quantitative estimate of drug-likeness (QED) is 0.860. The average molecular weight is 383 g/mol. The monoisotopic (exact) mass is 383 g/mol. The van der Waals surface area contributed by atoms with Gasteiger partial charge < -0.3 is 14.7 Å². The summed E-state index contributed by atoms with van der Waals surface area (Å²) in [5.74, 6) is 0.141. The van der Waals surface area contributed by atoms with Gasteiger partial charge in [-0.05, 0) is 33.1 Å². The number of likely N-dealkylation sites (tertiary alicyclic amines) is 1. The van der Waals surface area contributed by atoms with E-state index in [4.69, 9.17) is 4.52 Å². The van der Waals surface area contributed by atoms with Crippen molar-refractivity contribution in [1.82, 2.24) is 19.8 Å². The Bertz CT molecular complexity index is 859. The first-order valence-electron chi connectivity index (χ1n) is 8.91. The minimum absolute atomic E-state index is 0.0811. The molecule has 1 fully saturated rings. The number of aromatic nitrogens is 3. The highest BCUT2D eigenvalue weighted by molar-refractivity contribution is 5.92. The van der Waals surface area contributed by atoms with E-state index in [1.807, 2.05) is 0 Å². The van der Waals surface area contributed by atoms with Gasteiger partial charge in [0.2, 0.25) is 5.76 Å². The Morgan fingerprint density at radius 2 is 2.15 bits per heavy atom. The van der Waals surface area contributed by atoms with Crippen molar-refractivity contribution in [3.8, 4) is 0 Å². The van der Waals surface area contributed by atoms with E-state index in [0.29, 0.717) is 30.2 Å². The number of rotatable bonds is 2. The highest BCUT2D eigenvalue weighted by Gasteiger charge is 2.46. The number of hydrogen-bond donors (Lipinski definition) is 1. The van der Waals surface area contributed by atoms with Gasteiger partial charge in [-0.3, -0.25) is 4.79 Å². The molecule has 2 aromatic heterocycles. The van der Waals surface area contributed by atoms with Crippen LogP contribution in [-0.2, 0) is 0 Å². The fraction of sp³-hybridized carbons (Fsp3) is 0.588. The lowest BCUT2D eigenvalue weighted by atomic mass is 10.1. The zero-order valence-electron chi connectivity index (χ0n) is 15.0.